The van der Waals surface area contributed by atoms with E-state index in [1.807, 2.05) is 43.3 Å². The minimum absolute atomic E-state index is 0.0516. The molecule has 1 atom stereocenters. The maximum atomic E-state index is 12.2. The zero-order valence-electron chi connectivity index (χ0n) is 14.5. The lowest BCUT2D eigenvalue weighted by atomic mass is 10.1. The molecule has 0 aromatic heterocycles. The fourth-order valence-corrected chi connectivity index (χ4v) is 2.54. The van der Waals surface area contributed by atoms with Crippen molar-refractivity contribution in [2.24, 2.45) is 0 Å². The van der Waals surface area contributed by atoms with Gasteiger partial charge in [0.25, 0.3) is 0 Å². The predicted octanol–water partition coefficient (Wildman–Crippen LogP) is 2.34. The van der Waals surface area contributed by atoms with Crippen molar-refractivity contribution < 1.29 is 9.53 Å². The largest absolute Gasteiger partial charge is 0.497 e. The molecular formula is C18H24N4O2. The number of carbonyl (C=O) groups excluding carboxylic acids is 1. The minimum Gasteiger partial charge on any atom is -0.497 e. The highest BCUT2D eigenvalue weighted by Crippen LogP contribution is 2.24. The molecule has 0 saturated heterocycles. The molecule has 0 unspecified atom stereocenters. The third-order valence-electron chi connectivity index (χ3n) is 4.02. The van der Waals surface area contributed by atoms with Gasteiger partial charge in [-0.25, -0.2) is 0 Å². The van der Waals surface area contributed by atoms with Crippen LogP contribution in [-0.2, 0) is 4.79 Å². The van der Waals surface area contributed by atoms with E-state index in [9.17, 15) is 4.79 Å². The molecule has 128 valence electrons. The Morgan fingerprint density at radius 2 is 1.96 bits per heavy atom. The second-order valence-electron chi connectivity index (χ2n) is 5.40. The highest BCUT2D eigenvalue weighted by Gasteiger charge is 2.18. The van der Waals surface area contributed by atoms with E-state index in [0.717, 1.165) is 17.9 Å². The number of nitriles is 2. The van der Waals surface area contributed by atoms with Gasteiger partial charge in [0.2, 0.25) is 5.91 Å². The van der Waals surface area contributed by atoms with Gasteiger partial charge in [0, 0.05) is 19.0 Å². The molecule has 0 aliphatic heterocycles. The molecule has 0 aliphatic rings. The van der Waals surface area contributed by atoms with Crippen LogP contribution in [-0.4, -0.2) is 49.0 Å². The van der Waals surface area contributed by atoms with E-state index in [4.69, 9.17) is 15.3 Å². The Hall–Kier alpha value is -2.57. The zero-order valence-corrected chi connectivity index (χ0v) is 14.5. The molecule has 24 heavy (non-hydrogen) atoms. The minimum atomic E-state index is -0.172. The lowest BCUT2D eigenvalue weighted by Crippen LogP contribution is -2.36. The highest BCUT2D eigenvalue weighted by atomic mass is 16.5. The van der Waals surface area contributed by atoms with Crippen molar-refractivity contribution in [1.82, 2.24) is 9.80 Å². The molecule has 0 saturated carbocycles. The SMILES string of the molecule is CCN(CCC(=O)N(CC#N)CC#N)[C@H](C)c1cccc(OC)c1. The number of hydrogen-bond acceptors (Lipinski definition) is 5. The molecule has 0 radical (unpaired) electrons. The van der Waals surface area contributed by atoms with Gasteiger partial charge in [-0.3, -0.25) is 9.69 Å². The van der Waals surface area contributed by atoms with Crippen LogP contribution in [0.2, 0.25) is 0 Å². The fourth-order valence-electron chi connectivity index (χ4n) is 2.54. The van der Waals surface area contributed by atoms with Crippen molar-refractivity contribution in [3.63, 3.8) is 0 Å². The van der Waals surface area contributed by atoms with E-state index in [2.05, 4.69) is 11.8 Å². The molecule has 0 bridgehead atoms. The van der Waals surface area contributed by atoms with Crippen LogP contribution in [0.3, 0.4) is 0 Å². The van der Waals surface area contributed by atoms with E-state index in [-0.39, 0.29) is 31.5 Å². The average Bonchev–Trinajstić information content (AvgIpc) is 2.61. The van der Waals surface area contributed by atoms with E-state index in [1.165, 1.54) is 4.90 Å². The van der Waals surface area contributed by atoms with Gasteiger partial charge in [0.15, 0.2) is 0 Å². The summed E-state index contributed by atoms with van der Waals surface area (Å²) < 4.78 is 5.26. The summed E-state index contributed by atoms with van der Waals surface area (Å²) in [6.45, 7) is 5.39. The molecule has 0 aliphatic carbocycles. The molecule has 0 N–H and O–H groups in total. The normalized spacial score (nSPS) is 11.4. The molecular weight excluding hydrogens is 304 g/mol. The molecule has 0 fully saturated rings. The smallest absolute Gasteiger partial charge is 0.225 e. The number of nitrogens with zero attached hydrogens (tertiary/aromatic N) is 4. The standard InChI is InChI=1S/C18H24N4O2/c1-4-21(11-8-18(23)22(12-9-19)13-10-20)15(2)16-6-5-7-17(14-16)24-3/h5-7,14-15H,4,8,11-13H2,1-3H3/t15-/m1/s1. The molecule has 6 heteroatoms. The Bertz CT molecular complexity index is 602. The van der Waals surface area contributed by atoms with Gasteiger partial charge < -0.3 is 9.64 Å². The fraction of sp³-hybridized carbons (Fsp3) is 0.500. The van der Waals surface area contributed by atoms with Gasteiger partial charge in [0.05, 0.1) is 19.2 Å². The summed E-state index contributed by atoms with van der Waals surface area (Å²) in [5.41, 5.74) is 1.12. The Labute approximate surface area is 143 Å². The molecule has 1 rings (SSSR count). The van der Waals surface area contributed by atoms with E-state index in [1.54, 1.807) is 7.11 Å². The maximum absolute atomic E-state index is 12.2. The van der Waals surface area contributed by atoms with Gasteiger partial charge in [0.1, 0.15) is 18.8 Å². The first-order valence-corrected chi connectivity index (χ1v) is 7.97. The van der Waals surface area contributed by atoms with Crippen molar-refractivity contribution in [3.05, 3.63) is 29.8 Å². The summed E-state index contributed by atoms with van der Waals surface area (Å²) in [6.07, 6.45) is 0.283. The van der Waals surface area contributed by atoms with Gasteiger partial charge in [-0.1, -0.05) is 19.1 Å². The Balaban J connectivity index is 2.71. The van der Waals surface area contributed by atoms with Gasteiger partial charge >= 0.3 is 0 Å². The summed E-state index contributed by atoms with van der Waals surface area (Å²) in [7, 11) is 1.64. The van der Waals surface area contributed by atoms with Gasteiger partial charge in [-0.05, 0) is 31.2 Å². The lowest BCUT2D eigenvalue weighted by molar-refractivity contribution is -0.130. The summed E-state index contributed by atoms with van der Waals surface area (Å²) in [5, 5.41) is 17.5. The third-order valence-corrected chi connectivity index (χ3v) is 4.02. The molecule has 6 nitrogen and oxygen atoms in total. The topological polar surface area (TPSA) is 80.4 Å². The van der Waals surface area contributed by atoms with Crippen molar-refractivity contribution in [2.45, 2.75) is 26.3 Å². The first-order valence-electron chi connectivity index (χ1n) is 7.97. The van der Waals surface area contributed by atoms with E-state index in [0.29, 0.717) is 6.54 Å². The van der Waals surface area contributed by atoms with Crippen LogP contribution in [0.1, 0.15) is 31.9 Å². The predicted molar refractivity (Wildman–Crippen MR) is 91.1 cm³/mol. The van der Waals surface area contributed by atoms with Gasteiger partial charge in [-0.2, -0.15) is 10.5 Å². The van der Waals surface area contributed by atoms with Crippen LogP contribution >= 0.6 is 0 Å². The number of ether oxygens (including phenoxy) is 1. The van der Waals surface area contributed by atoms with Crippen molar-refractivity contribution >= 4 is 5.91 Å². The maximum Gasteiger partial charge on any atom is 0.225 e. The number of amides is 1. The summed E-state index contributed by atoms with van der Waals surface area (Å²) in [4.78, 5) is 15.6. The quantitative estimate of drug-likeness (QED) is 0.650. The van der Waals surface area contributed by atoms with Crippen LogP contribution in [0.4, 0.5) is 0 Å². The Morgan fingerprint density at radius 1 is 1.29 bits per heavy atom. The van der Waals surface area contributed by atoms with E-state index >= 15 is 0 Å². The number of rotatable bonds is 9. The lowest BCUT2D eigenvalue weighted by Gasteiger charge is -2.29. The first-order chi connectivity index (χ1) is 11.6. The van der Waals surface area contributed by atoms with E-state index < -0.39 is 0 Å². The molecule has 0 heterocycles. The second-order valence-corrected chi connectivity index (χ2v) is 5.40. The number of carbonyl (C=O) groups is 1. The van der Waals surface area contributed by atoms with Crippen molar-refractivity contribution in [1.29, 1.82) is 10.5 Å². The average molecular weight is 328 g/mol. The highest BCUT2D eigenvalue weighted by molar-refractivity contribution is 5.76. The van der Waals surface area contributed by atoms with Crippen molar-refractivity contribution in [3.8, 4) is 17.9 Å². The van der Waals surface area contributed by atoms with Crippen LogP contribution in [0.15, 0.2) is 24.3 Å². The zero-order chi connectivity index (χ0) is 17.9. The summed E-state index contributed by atoms with van der Waals surface area (Å²) in [6, 6.07) is 11.9. The number of hydrogen-bond donors (Lipinski definition) is 0. The molecule has 1 aromatic carbocycles. The third kappa shape index (κ3) is 5.57. The molecule has 0 spiro atoms. The number of benzene rings is 1. The van der Waals surface area contributed by atoms with Gasteiger partial charge in [-0.15, -0.1) is 0 Å². The monoisotopic (exact) mass is 328 g/mol. The van der Waals surface area contributed by atoms with Crippen LogP contribution in [0, 0.1) is 22.7 Å². The number of methoxy groups -OCH3 is 1. The van der Waals surface area contributed by atoms with Crippen LogP contribution in [0.5, 0.6) is 5.75 Å². The van der Waals surface area contributed by atoms with Crippen molar-refractivity contribution in [2.75, 3.05) is 33.3 Å². The second kappa shape index (κ2) is 10.3. The molecule has 1 aromatic rings. The van der Waals surface area contributed by atoms with Crippen LogP contribution < -0.4 is 4.74 Å². The Kier molecular flexibility index (Phi) is 8.32. The summed E-state index contributed by atoms with van der Waals surface area (Å²) in [5.74, 6) is 0.634. The van der Waals surface area contributed by atoms with Crippen LogP contribution in [0.25, 0.3) is 0 Å². The molecule has 1 amide bonds. The Morgan fingerprint density at radius 3 is 2.50 bits per heavy atom. The summed E-state index contributed by atoms with van der Waals surface area (Å²) >= 11 is 0. The first kappa shape index (κ1) is 19.5.